The largest absolute Gasteiger partial charge is 0.280 e. The maximum Gasteiger partial charge on any atom is 0.237 e. The quantitative estimate of drug-likeness (QED) is 0.854. The lowest BCUT2D eigenvalue weighted by Gasteiger charge is -2.24. The first-order chi connectivity index (χ1) is 9.75. The van der Waals surface area contributed by atoms with Crippen molar-refractivity contribution in [3.8, 4) is 0 Å². The van der Waals surface area contributed by atoms with Crippen molar-refractivity contribution in [2.45, 2.75) is 37.5 Å². The number of aromatic nitrogens is 2. The third kappa shape index (κ3) is 2.66. The minimum absolute atomic E-state index is 0.0761. The summed E-state index contributed by atoms with van der Waals surface area (Å²) in [5, 5.41) is 5.01. The van der Waals surface area contributed by atoms with Crippen molar-refractivity contribution in [3.63, 3.8) is 0 Å². The van der Waals surface area contributed by atoms with Crippen molar-refractivity contribution >= 4 is 16.9 Å². The minimum atomic E-state index is 0.0761. The van der Waals surface area contributed by atoms with Crippen LogP contribution in [-0.2, 0) is 0 Å². The lowest BCUT2D eigenvalue weighted by molar-refractivity contribution is 0.107. The Balaban J connectivity index is 1.80. The van der Waals surface area contributed by atoms with Crippen LogP contribution in [0, 0.1) is 0 Å². The predicted molar refractivity (Wildman–Crippen MR) is 82.0 cm³/mol. The summed E-state index contributed by atoms with van der Waals surface area (Å²) in [6, 6.07) is 12.1. The van der Waals surface area contributed by atoms with Gasteiger partial charge in [0.25, 0.3) is 0 Å². The summed E-state index contributed by atoms with van der Waals surface area (Å²) in [5.41, 5.74) is 1.87. The van der Waals surface area contributed by atoms with Gasteiger partial charge in [-0.25, -0.2) is 0 Å². The van der Waals surface area contributed by atoms with E-state index in [-0.39, 0.29) is 11.2 Å². The van der Waals surface area contributed by atoms with E-state index in [1.54, 1.807) is 6.20 Å². The maximum absolute atomic E-state index is 12.4. The first-order valence-corrected chi connectivity index (χ1v) is 7.93. The summed E-state index contributed by atoms with van der Waals surface area (Å²) in [6.45, 7) is 2.08. The van der Waals surface area contributed by atoms with Crippen molar-refractivity contribution in [3.05, 3.63) is 53.9 Å². The molecule has 3 rings (SSSR count). The highest BCUT2D eigenvalue weighted by molar-refractivity contribution is 8.14. The Morgan fingerprint density at radius 2 is 2.05 bits per heavy atom. The van der Waals surface area contributed by atoms with Crippen LogP contribution in [0.3, 0.4) is 0 Å². The van der Waals surface area contributed by atoms with E-state index >= 15 is 0 Å². The molecule has 0 unspecified atom stereocenters. The summed E-state index contributed by atoms with van der Waals surface area (Å²) >= 11 is 1.47. The number of carbonyl (C=O) groups excluding carboxylic acids is 1. The average Bonchev–Trinajstić information content (AvgIpc) is 2.92. The zero-order chi connectivity index (χ0) is 13.9. The van der Waals surface area contributed by atoms with Gasteiger partial charge in [-0.1, -0.05) is 48.5 Å². The van der Waals surface area contributed by atoms with E-state index in [1.807, 2.05) is 28.9 Å². The van der Waals surface area contributed by atoms with Gasteiger partial charge in [-0.15, -0.1) is 0 Å². The van der Waals surface area contributed by atoms with Crippen molar-refractivity contribution in [2.24, 2.45) is 0 Å². The van der Waals surface area contributed by atoms with Crippen LogP contribution >= 0.6 is 11.8 Å². The fourth-order valence-corrected chi connectivity index (χ4v) is 3.51. The van der Waals surface area contributed by atoms with Crippen LogP contribution in [0.5, 0.6) is 0 Å². The van der Waals surface area contributed by atoms with Gasteiger partial charge in [0.2, 0.25) is 5.12 Å². The van der Waals surface area contributed by atoms with Gasteiger partial charge in [0.1, 0.15) is 5.69 Å². The molecule has 20 heavy (non-hydrogen) atoms. The second-order valence-electron chi connectivity index (χ2n) is 5.21. The van der Waals surface area contributed by atoms with Gasteiger partial charge < -0.3 is 0 Å². The Morgan fingerprint density at radius 3 is 2.70 bits per heavy atom. The molecule has 0 radical (unpaired) electrons. The summed E-state index contributed by atoms with van der Waals surface area (Å²) in [7, 11) is 0. The van der Waals surface area contributed by atoms with E-state index in [2.05, 4.69) is 24.2 Å². The number of rotatable bonds is 4. The summed E-state index contributed by atoms with van der Waals surface area (Å²) in [5.74, 6) is 0. The molecule has 1 aromatic carbocycles. The number of nitrogens with zero attached hydrogens (tertiary/aromatic N) is 2. The molecular formula is C16H18N2OS. The molecule has 1 heterocycles. The SMILES string of the molecule is C[C@H](c1ccccc1)n1nccc1C(=O)SC1CCC1. The summed E-state index contributed by atoms with van der Waals surface area (Å²) in [6.07, 6.45) is 5.30. The standard InChI is InChI=1S/C16H18N2OS/c1-12(13-6-3-2-4-7-13)18-15(10-11-17-18)16(19)20-14-8-5-9-14/h2-4,6-7,10-12,14H,5,8-9H2,1H3/t12-/m1/s1. The molecule has 1 atom stereocenters. The molecular weight excluding hydrogens is 268 g/mol. The molecule has 1 fully saturated rings. The van der Waals surface area contributed by atoms with E-state index in [4.69, 9.17) is 0 Å². The lowest BCUT2D eigenvalue weighted by atomic mass is 10.0. The van der Waals surface area contributed by atoms with E-state index in [0.717, 1.165) is 0 Å². The Bertz CT molecular complexity index is 590. The van der Waals surface area contributed by atoms with Gasteiger partial charge in [0, 0.05) is 11.4 Å². The van der Waals surface area contributed by atoms with Crippen LogP contribution in [0.25, 0.3) is 0 Å². The molecule has 0 bridgehead atoms. The third-order valence-corrected chi connectivity index (χ3v) is 5.08. The maximum atomic E-state index is 12.4. The van der Waals surface area contributed by atoms with E-state index in [9.17, 15) is 4.79 Å². The normalized spacial score (nSPS) is 16.6. The highest BCUT2D eigenvalue weighted by Gasteiger charge is 2.25. The van der Waals surface area contributed by atoms with Crippen molar-refractivity contribution in [2.75, 3.05) is 0 Å². The van der Waals surface area contributed by atoms with Gasteiger partial charge in [0.05, 0.1) is 6.04 Å². The molecule has 4 heteroatoms. The van der Waals surface area contributed by atoms with Crippen molar-refractivity contribution < 1.29 is 4.79 Å². The highest BCUT2D eigenvalue weighted by Crippen LogP contribution is 2.33. The Hall–Kier alpha value is -1.55. The van der Waals surface area contributed by atoms with E-state index < -0.39 is 0 Å². The molecule has 1 saturated carbocycles. The van der Waals surface area contributed by atoms with Crippen molar-refractivity contribution in [1.82, 2.24) is 9.78 Å². The van der Waals surface area contributed by atoms with Gasteiger partial charge >= 0.3 is 0 Å². The molecule has 3 nitrogen and oxygen atoms in total. The molecule has 1 aliphatic rings. The molecule has 1 aromatic heterocycles. The predicted octanol–water partition coefficient (Wildman–Crippen LogP) is 3.92. The first-order valence-electron chi connectivity index (χ1n) is 7.05. The Kier molecular flexibility index (Phi) is 3.92. The smallest absolute Gasteiger partial charge is 0.237 e. The van der Waals surface area contributed by atoms with Crippen LogP contribution in [0.1, 0.15) is 48.3 Å². The molecule has 0 amide bonds. The topological polar surface area (TPSA) is 34.9 Å². The summed E-state index contributed by atoms with van der Waals surface area (Å²) in [4.78, 5) is 12.4. The number of hydrogen-bond donors (Lipinski definition) is 0. The fourth-order valence-electron chi connectivity index (χ4n) is 2.36. The first kappa shape index (κ1) is 13.4. The van der Waals surface area contributed by atoms with Crippen LogP contribution in [-0.4, -0.2) is 20.1 Å². The van der Waals surface area contributed by atoms with E-state index in [1.165, 1.54) is 36.6 Å². The van der Waals surface area contributed by atoms with Crippen LogP contribution in [0.15, 0.2) is 42.6 Å². The van der Waals surface area contributed by atoms with Crippen LogP contribution in [0.2, 0.25) is 0 Å². The summed E-state index contributed by atoms with van der Waals surface area (Å²) < 4.78 is 1.84. The van der Waals surface area contributed by atoms with Gasteiger partial charge in [0.15, 0.2) is 0 Å². The molecule has 1 aliphatic carbocycles. The molecule has 0 N–H and O–H groups in total. The number of thioether (sulfide) groups is 1. The van der Waals surface area contributed by atoms with Gasteiger partial charge in [-0.3, -0.25) is 9.48 Å². The number of carbonyl (C=O) groups is 1. The molecule has 104 valence electrons. The lowest BCUT2D eigenvalue weighted by Crippen LogP contribution is -2.19. The molecule has 2 aromatic rings. The minimum Gasteiger partial charge on any atom is -0.280 e. The third-order valence-electron chi connectivity index (χ3n) is 3.85. The zero-order valence-corrected chi connectivity index (χ0v) is 12.3. The van der Waals surface area contributed by atoms with Crippen LogP contribution < -0.4 is 0 Å². The Morgan fingerprint density at radius 1 is 1.30 bits per heavy atom. The molecule has 0 spiro atoms. The van der Waals surface area contributed by atoms with Gasteiger partial charge in [-0.05, 0) is 31.4 Å². The van der Waals surface area contributed by atoms with E-state index in [0.29, 0.717) is 10.9 Å². The fraction of sp³-hybridized carbons (Fsp3) is 0.375. The average molecular weight is 286 g/mol. The molecule has 0 saturated heterocycles. The second kappa shape index (κ2) is 5.83. The van der Waals surface area contributed by atoms with Gasteiger partial charge in [-0.2, -0.15) is 5.10 Å². The monoisotopic (exact) mass is 286 g/mol. The zero-order valence-electron chi connectivity index (χ0n) is 11.5. The molecule has 0 aliphatic heterocycles. The highest BCUT2D eigenvalue weighted by atomic mass is 32.2. The second-order valence-corrected chi connectivity index (χ2v) is 6.48. The number of benzene rings is 1. The number of hydrogen-bond acceptors (Lipinski definition) is 3. The van der Waals surface area contributed by atoms with Crippen molar-refractivity contribution in [1.29, 1.82) is 0 Å². The Labute approximate surface area is 123 Å². The van der Waals surface area contributed by atoms with Crippen LogP contribution in [0.4, 0.5) is 0 Å².